The first-order valence-electron chi connectivity index (χ1n) is 20.9. The summed E-state index contributed by atoms with van der Waals surface area (Å²) in [6, 6.07) is 40.7. The van der Waals surface area contributed by atoms with Crippen molar-refractivity contribution >= 4 is 65.6 Å². The average Bonchev–Trinajstić information content (AvgIpc) is 3.60. The number of anilines is 6. The third kappa shape index (κ3) is 5.34. The summed E-state index contributed by atoms with van der Waals surface area (Å²) in [5.41, 5.74) is 20.4. The Kier molecular flexibility index (Phi) is 7.59. The zero-order valence-electron chi connectivity index (χ0n) is 35.9. The van der Waals surface area contributed by atoms with E-state index in [1.54, 1.807) is 0 Å². The Balaban J connectivity index is 1.35. The number of fused-ring (bicyclic) bond motifs is 8. The predicted octanol–water partition coefficient (Wildman–Crippen LogP) is 16.0. The Morgan fingerprint density at radius 1 is 0.544 bits per heavy atom. The summed E-state index contributed by atoms with van der Waals surface area (Å²) in [6.45, 7) is 28.5. The van der Waals surface area contributed by atoms with Gasteiger partial charge < -0.3 is 9.80 Å². The van der Waals surface area contributed by atoms with Gasteiger partial charge in [0, 0.05) is 37.3 Å². The van der Waals surface area contributed by atoms with E-state index in [1.807, 2.05) is 11.3 Å². The predicted molar refractivity (Wildman–Crippen MR) is 247 cm³/mol. The molecule has 10 rings (SSSR count). The number of hydrogen-bond acceptors (Lipinski definition) is 3. The minimum atomic E-state index is -0.000782. The standard InChI is InChI=1S/C54H56N2S/c1-31-24-44-50-45(25-31)56(42-17-15-19-47-49(42)35-16-13-14-18-46(35)57-47)41-23-21-34(52(6,7)8)27-36(41)48(50)37-28-38-39(54(11,12)30-53(38,9)10)29-43(37)55(44)40-22-20-33(26-32(40)2)51(3,4)5/h13-29,48H,30H2,1-12H3. The summed E-state index contributed by atoms with van der Waals surface area (Å²) in [5.74, 6) is 0.0767. The van der Waals surface area contributed by atoms with Crippen molar-refractivity contribution in [3.05, 3.63) is 153 Å². The van der Waals surface area contributed by atoms with Crippen LogP contribution in [0.15, 0.2) is 103 Å². The van der Waals surface area contributed by atoms with Crippen LogP contribution in [0.2, 0.25) is 0 Å². The van der Waals surface area contributed by atoms with Crippen LogP contribution in [0.3, 0.4) is 0 Å². The summed E-state index contributed by atoms with van der Waals surface area (Å²) in [4.78, 5) is 5.28. The lowest BCUT2D eigenvalue weighted by atomic mass is 9.72. The fourth-order valence-electron chi connectivity index (χ4n) is 10.9. The molecular formula is C54H56N2S. The zero-order chi connectivity index (χ0) is 40.1. The van der Waals surface area contributed by atoms with Gasteiger partial charge in [-0.05, 0) is 135 Å². The van der Waals surface area contributed by atoms with Crippen LogP contribution in [0, 0.1) is 13.8 Å². The molecule has 2 aliphatic heterocycles. The van der Waals surface area contributed by atoms with Gasteiger partial charge in [0.05, 0.1) is 28.4 Å². The zero-order valence-corrected chi connectivity index (χ0v) is 36.7. The van der Waals surface area contributed by atoms with Crippen molar-refractivity contribution in [1.29, 1.82) is 0 Å². The summed E-state index contributed by atoms with van der Waals surface area (Å²) < 4.78 is 2.66. The molecule has 0 bridgehead atoms. The quantitative estimate of drug-likeness (QED) is 0.173. The molecule has 6 aromatic carbocycles. The highest BCUT2D eigenvalue weighted by Gasteiger charge is 2.47. The molecule has 2 nitrogen and oxygen atoms in total. The monoisotopic (exact) mass is 764 g/mol. The van der Waals surface area contributed by atoms with E-state index >= 15 is 0 Å². The van der Waals surface area contributed by atoms with Crippen molar-refractivity contribution in [2.24, 2.45) is 0 Å². The van der Waals surface area contributed by atoms with E-state index in [-0.39, 0.29) is 27.6 Å². The van der Waals surface area contributed by atoms with Gasteiger partial charge in [-0.25, -0.2) is 0 Å². The maximum Gasteiger partial charge on any atom is 0.0555 e. The van der Waals surface area contributed by atoms with Gasteiger partial charge in [0.2, 0.25) is 0 Å². The molecule has 1 aliphatic carbocycles. The number of rotatable bonds is 2. The Morgan fingerprint density at radius 3 is 1.79 bits per heavy atom. The van der Waals surface area contributed by atoms with Crippen LogP contribution >= 0.6 is 11.3 Å². The van der Waals surface area contributed by atoms with Crippen molar-refractivity contribution in [3.8, 4) is 0 Å². The summed E-state index contributed by atoms with van der Waals surface area (Å²) in [7, 11) is 0. The van der Waals surface area contributed by atoms with E-state index in [4.69, 9.17) is 0 Å². The highest BCUT2D eigenvalue weighted by Crippen LogP contribution is 2.64. The van der Waals surface area contributed by atoms with Crippen LogP contribution in [0.25, 0.3) is 20.2 Å². The Morgan fingerprint density at radius 2 is 1.12 bits per heavy atom. The van der Waals surface area contributed by atoms with Gasteiger partial charge in [-0.1, -0.05) is 124 Å². The molecule has 0 amide bonds. The molecule has 1 unspecified atom stereocenters. The van der Waals surface area contributed by atoms with Gasteiger partial charge in [0.15, 0.2) is 0 Å². The van der Waals surface area contributed by atoms with Crippen molar-refractivity contribution in [1.82, 2.24) is 0 Å². The minimum absolute atomic E-state index is 0.000782. The second-order valence-corrected chi connectivity index (χ2v) is 21.8. The van der Waals surface area contributed by atoms with Crippen molar-refractivity contribution in [3.63, 3.8) is 0 Å². The van der Waals surface area contributed by atoms with E-state index in [0.29, 0.717) is 0 Å². The van der Waals surface area contributed by atoms with Crippen LogP contribution in [0.4, 0.5) is 34.1 Å². The molecule has 0 radical (unpaired) electrons. The number of thiophene rings is 1. The highest BCUT2D eigenvalue weighted by atomic mass is 32.1. The summed E-state index contributed by atoms with van der Waals surface area (Å²) in [6.07, 6.45) is 1.14. The SMILES string of the molecule is Cc1cc2c3c(c1)N(c1cccc4sc5ccccc5c14)c1ccc(C(C)(C)C)cc1C3c1cc3c(cc1N2c1ccc(C(C)(C)C)cc1C)C(C)(C)CC3(C)C. The van der Waals surface area contributed by atoms with E-state index < -0.39 is 0 Å². The van der Waals surface area contributed by atoms with Gasteiger partial charge in [0.1, 0.15) is 0 Å². The van der Waals surface area contributed by atoms with Gasteiger partial charge in [-0.2, -0.15) is 0 Å². The molecule has 0 spiro atoms. The largest absolute Gasteiger partial charge is 0.310 e. The number of nitrogens with zero attached hydrogens (tertiary/aromatic N) is 2. The first-order chi connectivity index (χ1) is 26.8. The van der Waals surface area contributed by atoms with Crippen molar-refractivity contribution < 1.29 is 0 Å². The molecule has 1 atom stereocenters. The Bertz CT molecular complexity index is 2830. The maximum atomic E-state index is 2.65. The highest BCUT2D eigenvalue weighted by molar-refractivity contribution is 7.26. The first kappa shape index (κ1) is 36.5. The number of hydrogen-bond donors (Lipinski definition) is 0. The second-order valence-electron chi connectivity index (χ2n) is 20.7. The van der Waals surface area contributed by atoms with E-state index in [9.17, 15) is 0 Å². The molecule has 57 heavy (non-hydrogen) atoms. The molecular weight excluding hydrogens is 709 g/mol. The van der Waals surface area contributed by atoms with Crippen molar-refractivity contribution in [2.45, 2.75) is 117 Å². The van der Waals surface area contributed by atoms with Crippen molar-refractivity contribution in [2.75, 3.05) is 9.80 Å². The molecule has 0 saturated carbocycles. The lowest BCUT2D eigenvalue weighted by Gasteiger charge is -2.46. The Hall–Kier alpha value is -4.86. The molecule has 7 aromatic rings. The third-order valence-corrected chi connectivity index (χ3v) is 14.6. The molecule has 288 valence electrons. The maximum absolute atomic E-state index is 2.65. The smallest absolute Gasteiger partial charge is 0.0555 e. The number of benzene rings is 6. The summed E-state index contributed by atoms with van der Waals surface area (Å²) in [5, 5.41) is 2.66. The number of aryl methyl sites for hydroxylation is 2. The second kappa shape index (κ2) is 11.9. The molecule has 3 heteroatoms. The molecule has 3 aliphatic rings. The lowest BCUT2D eigenvalue weighted by molar-refractivity contribution is 0.403. The summed E-state index contributed by atoms with van der Waals surface area (Å²) >= 11 is 1.90. The van der Waals surface area contributed by atoms with Crippen LogP contribution in [-0.2, 0) is 21.7 Å². The lowest BCUT2D eigenvalue weighted by Crippen LogP contribution is -2.31. The fourth-order valence-corrected chi connectivity index (χ4v) is 12.0. The molecule has 3 heterocycles. The Labute approximate surface area is 344 Å². The van der Waals surface area contributed by atoms with Gasteiger partial charge in [-0.3, -0.25) is 0 Å². The first-order valence-corrected chi connectivity index (χ1v) is 21.7. The third-order valence-electron chi connectivity index (χ3n) is 13.5. The van der Waals surface area contributed by atoms with Gasteiger partial charge in [-0.15, -0.1) is 11.3 Å². The minimum Gasteiger partial charge on any atom is -0.310 e. The topological polar surface area (TPSA) is 6.48 Å². The molecule has 1 aromatic heterocycles. The van der Waals surface area contributed by atoms with Gasteiger partial charge >= 0.3 is 0 Å². The van der Waals surface area contributed by atoms with Crippen LogP contribution < -0.4 is 9.80 Å². The molecule has 0 saturated heterocycles. The van der Waals surface area contributed by atoms with Crippen LogP contribution in [0.5, 0.6) is 0 Å². The van der Waals surface area contributed by atoms with E-state index in [1.165, 1.54) is 104 Å². The fraction of sp³-hybridized carbons (Fsp3) is 0.333. The average molecular weight is 765 g/mol. The van der Waals surface area contributed by atoms with E-state index in [2.05, 4.69) is 196 Å². The van der Waals surface area contributed by atoms with E-state index in [0.717, 1.165) is 6.42 Å². The van der Waals surface area contributed by atoms with Gasteiger partial charge in [0.25, 0.3) is 0 Å². The van der Waals surface area contributed by atoms with Crippen LogP contribution in [-0.4, -0.2) is 0 Å². The molecule has 0 fully saturated rings. The van der Waals surface area contributed by atoms with Crippen LogP contribution in [0.1, 0.15) is 132 Å². The normalized spacial score (nSPS) is 17.8. The molecule has 0 N–H and O–H groups in total.